The molecule has 0 N–H and O–H groups in total. The molecule has 14 heavy (non-hydrogen) atoms. The van der Waals surface area contributed by atoms with Gasteiger partial charge in [-0.15, -0.1) is 11.6 Å². The van der Waals surface area contributed by atoms with Gasteiger partial charge in [-0.3, -0.25) is 0 Å². The van der Waals surface area contributed by atoms with Crippen LogP contribution in [0.3, 0.4) is 0 Å². The molecule has 0 spiro atoms. The van der Waals surface area contributed by atoms with Gasteiger partial charge < -0.3 is 0 Å². The van der Waals surface area contributed by atoms with Gasteiger partial charge in [0.1, 0.15) is 0 Å². The Kier molecular flexibility index (Phi) is 4.74. The Morgan fingerprint density at radius 2 is 2.21 bits per heavy atom. The van der Waals surface area contributed by atoms with E-state index in [4.69, 9.17) is 11.6 Å². The lowest BCUT2D eigenvalue weighted by atomic mass is 9.88. The Bertz CT molecular complexity index is 227. The quantitative estimate of drug-likeness (QED) is 0.600. The molecule has 80 valence electrons. The second kappa shape index (κ2) is 5.60. The maximum Gasteiger partial charge on any atom is 0.0579 e. The van der Waals surface area contributed by atoms with Crippen LogP contribution in [0.1, 0.15) is 40.0 Å². The fourth-order valence-electron chi connectivity index (χ4n) is 1.83. The zero-order chi connectivity index (χ0) is 10.6. The highest BCUT2D eigenvalue weighted by atomic mass is 35.5. The standard InChI is InChI=1S/C13H21Cl/c1-4-5-6-10(2)12-7-8-13(14)11(3)9-12/h7-11,13H,4-6H2,1-3H3/t10-,11?,13?/m0/s1. The van der Waals surface area contributed by atoms with Crippen LogP contribution in [0.15, 0.2) is 23.8 Å². The second-order valence-corrected chi connectivity index (χ2v) is 4.88. The van der Waals surface area contributed by atoms with Gasteiger partial charge in [-0.2, -0.15) is 0 Å². The van der Waals surface area contributed by atoms with E-state index < -0.39 is 0 Å². The van der Waals surface area contributed by atoms with Gasteiger partial charge in [0.05, 0.1) is 5.38 Å². The minimum absolute atomic E-state index is 0.192. The monoisotopic (exact) mass is 212 g/mol. The number of rotatable bonds is 4. The van der Waals surface area contributed by atoms with Crippen LogP contribution in [0.25, 0.3) is 0 Å². The summed E-state index contributed by atoms with van der Waals surface area (Å²) < 4.78 is 0. The van der Waals surface area contributed by atoms with Crippen LogP contribution in [0, 0.1) is 11.8 Å². The third kappa shape index (κ3) is 3.16. The highest BCUT2D eigenvalue weighted by Crippen LogP contribution is 2.27. The molecule has 0 radical (unpaired) electrons. The molecule has 0 saturated heterocycles. The summed E-state index contributed by atoms with van der Waals surface area (Å²) in [5.41, 5.74) is 1.47. The van der Waals surface area contributed by atoms with Crippen molar-refractivity contribution < 1.29 is 0 Å². The molecule has 3 atom stereocenters. The number of alkyl halides is 1. The molecular weight excluding hydrogens is 192 g/mol. The lowest BCUT2D eigenvalue weighted by molar-refractivity contribution is 0.569. The molecule has 0 saturated carbocycles. The fourth-order valence-corrected chi connectivity index (χ4v) is 1.98. The number of hydrogen-bond acceptors (Lipinski definition) is 0. The van der Waals surface area contributed by atoms with Crippen molar-refractivity contribution in [2.45, 2.75) is 45.4 Å². The van der Waals surface area contributed by atoms with E-state index in [9.17, 15) is 0 Å². The van der Waals surface area contributed by atoms with Crippen molar-refractivity contribution >= 4 is 11.6 Å². The van der Waals surface area contributed by atoms with E-state index in [0.29, 0.717) is 11.8 Å². The number of unbranched alkanes of at least 4 members (excludes halogenated alkanes) is 1. The van der Waals surface area contributed by atoms with Gasteiger partial charge in [-0.1, -0.05) is 51.8 Å². The van der Waals surface area contributed by atoms with Gasteiger partial charge >= 0.3 is 0 Å². The molecule has 0 nitrogen and oxygen atoms in total. The maximum absolute atomic E-state index is 6.11. The van der Waals surface area contributed by atoms with Crippen molar-refractivity contribution in [3.05, 3.63) is 23.8 Å². The van der Waals surface area contributed by atoms with Crippen molar-refractivity contribution in [2.75, 3.05) is 0 Å². The van der Waals surface area contributed by atoms with E-state index in [1.165, 1.54) is 24.8 Å². The average Bonchev–Trinajstić information content (AvgIpc) is 2.18. The lowest BCUT2D eigenvalue weighted by Gasteiger charge is -2.21. The summed E-state index contributed by atoms with van der Waals surface area (Å²) in [4.78, 5) is 0. The normalized spacial score (nSPS) is 28.7. The van der Waals surface area contributed by atoms with E-state index >= 15 is 0 Å². The van der Waals surface area contributed by atoms with Crippen LogP contribution in [-0.4, -0.2) is 5.38 Å². The van der Waals surface area contributed by atoms with E-state index in [-0.39, 0.29) is 5.38 Å². The molecule has 0 aromatic carbocycles. The number of hydrogen-bond donors (Lipinski definition) is 0. The van der Waals surface area contributed by atoms with E-state index in [0.717, 1.165) is 0 Å². The molecule has 0 fully saturated rings. The van der Waals surface area contributed by atoms with Gasteiger partial charge in [-0.05, 0) is 23.8 Å². The molecule has 2 unspecified atom stereocenters. The van der Waals surface area contributed by atoms with Crippen LogP contribution >= 0.6 is 11.6 Å². The summed E-state index contributed by atoms with van der Waals surface area (Å²) in [6.45, 7) is 6.75. The third-order valence-electron chi connectivity index (χ3n) is 2.99. The molecule has 0 bridgehead atoms. The Hall–Kier alpha value is -0.230. The molecule has 1 heteroatoms. The predicted molar refractivity (Wildman–Crippen MR) is 64.7 cm³/mol. The zero-order valence-corrected chi connectivity index (χ0v) is 10.2. The maximum atomic E-state index is 6.11. The predicted octanol–water partition coefficient (Wildman–Crippen LogP) is 4.55. The van der Waals surface area contributed by atoms with Gasteiger partial charge in [0.2, 0.25) is 0 Å². The van der Waals surface area contributed by atoms with E-state index in [2.05, 4.69) is 39.0 Å². The van der Waals surface area contributed by atoms with Gasteiger partial charge in [0, 0.05) is 0 Å². The van der Waals surface area contributed by atoms with Gasteiger partial charge in [0.25, 0.3) is 0 Å². The van der Waals surface area contributed by atoms with Crippen molar-refractivity contribution in [1.82, 2.24) is 0 Å². The first-order valence-corrected chi connectivity index (χ1v) is 6.12. The van der Waals surface area contributed by atoms with Crippen molar-refractivity contribution in [2.24, 2.45) is 11.8 Å². The van der Waals surface area contributed by atoms with Crippen molar-refractivity contribution in [3.63, 3.8) is 0 Å². The Morgan fingerprint density at radius 1 is 1.50 bits per heavy atom. The van der Waals surface area contributed by atoms with E-state index in [1.54, 1.807) is 0 Å². The summed E-state index contributed by atoms with van der Waals surface area (Å²) in [5.74, 6) is 1.18. The largest absolute Gasteiger partial charge is 0.118 e. The Labute approximate surface area is 93.0 Å². The highest BCUT2D eigenvalue weighted by Gasteiger charge is 2.16. The SMILES string of the molecule is CCCC[C@H](C)C1=CC(C)C(Cl)C=C1. The van der Waals surface area contributed by atoms with E-state index in [1.807, 2.05) is 0 Å². The van der Waals surface area contributed by atoms with Crippen LogP contribution in [0.2, 0.25) is 0 Å². The molecule has 1 aliphatic rings. The second-order valence-electron chi connectivity index (χ2n) is 4.37. The molecule has 0 amide bonds. The van der Waals surface area contributed by atoms with Crippen LogP contribution < -0.4 is 0 Å². The molecule has 1 aliphatic carbocycles. The summed E-state index contributed by atoms with van der Waals surface area (Å²) in [7, 11) is 0. The first-order chi connectivity index (χ1) is 6.65. The average molecular weight is 213 g/mol. The van der Waals surface area contributed by atoms with Crippen LogP contribution in [0.4, 0.5) is 0 Å². The minimum atomic E-state index is 0.192. The summed E-state index contributed by atoms with van der Waals surface area (Å²) >= 11 is 6.11. The topological polar surface area (TPSA) is 0 Å². The first-order valence-electron chi connectivity index (χ1n) is 5.69. The number of allylic oxidation sites excluding steroid dienone is 4. The van der Waals surface area contributed by atoms with Crippen molar-refractivity contribution in [3.8, 4) is 0 Å². The van der Waals surface area contributed by atoms with Gasteiger partial charge in [-0.25, -0.2) is 0 Å². The number of halogens is 1. The van der Waals surface area contributed by atoms with Crippen LogP contribution in [-0.2, 0) is 0 Å². The lowest BCUT2D eigenvalue weighted by Crippen LogP contribution is -2.12. The Morgan fingerprint density at radius 3 is 2.79 bits per heavy atom. The first kappa shape index (κ1) is 11.8. The minimum Gasteiger partial charge on any atom is -0.118 e. The molecule has 0 aromatic heterocycles. The fraction of sp³-hybridized carbons (Fsp3) is 0.692. The van der Waals surface area contributed by atoms with Gasteiger partial charge in [0.15, 0.2) is 0 Å². The highest BCUT2D eigenvalue weighted by molar-refractivity contribution is 6.22. The summed E-state index contributed by atoms with van der Waals surface area (Å²) in [6.07, 6.45) is 10.6. The smallest absolute Gasteiger partial charge is 0.0579 e. The molecule has 0 aliphatic heterocycles. The summed E-state index contributed by atoms with van der Waals surface area (Å²) in [5, 5.41) is 0.192. The van der Waals surface area contributed by atoms with Crippen molar-refractivity contribution in [1.29, 1.82) is 0 Å². The molecule has 1 rings (SSSR count). The summed E-state index contributed by atoms with van der Waals surface area (Å²) in [6, 6.07) is 0. The third-order valence-corrected chi connectivity index (χ3v) is 3.53. The molecule has 0 heterocycles. The Balaban J connectivity index is 2.52. The zero-order valence-electron chi connectivity index (χ0n) is 9.46. The van der Waals surface area contributed by atoms with Crippen LogP contribution in [0.5, 0.6) is 0 Å². The molecular formula is C13H21Cl. The molecule has 0 aromatic rings.